The maximum atomic E-state index is 14.4. The van der Waals surface area contributed by atoms with E-state index in [9.17, 15) is 14.0 Å². The van der Waals surface area contributed by atoms with Crippen LogP contribution in [0.25, 0.3) is 0 Å². The molecule has 0 bridgehead atoms. The van der Waals surface area contributed by atoms with E-state index in [0.29, 0.717) is 43.4 Å². The van der Waals surface area contributed by atoms with E-state index in [-0.39, 0.29) is 30.1 Å². The van der Waals surface area contributed by atoms with Crippen LogP contribution in [0.4, 0.5) is 4.39 Å². The van der Waals surface area contributed by atoms with Crippen LogP contribution in [0.3, 0.4) is 0 Å². The molecule has 0 radical (unpaired) electrons. The molecule has 1 aliphatic heterocycles. The predicted molar refractivity (Wildman–Crippen MR) is 112 cm³/mol. The summed E-state index contributed by atoms with van der Waals surface area (Å²) < 4.78 is 19.5. The van der Waals surface area contributed by atoms with Gasteiger partial charge in [0.05, 0.1) is 7.11 Å². The second-order valence-corrected chi connectivity index (χ2v) is 7.96. The van der Waals surface area contributed by atoms with Crippen LogP contribution in [0, 0.1) is 5.82 Å². The highest BCUT2D eigenvalue weighted by Crippen LogP contribution is 2.31. The minimum Gasteiger partial charge on any atom is -0.497 e. The number of hydrogen-bond acceptors (Lipinski definition) is 4. The molecule has 2 N–H and O–H groups in total. The Bertz CT molecular complexity index is 891. The summed E-state index contributed by atoms with van der Waals surface area (Å²) >= 11 is 0. The van der Waals surface area contributed by atoms with Gasteiger partial charge < -0.3 is 15.4 Å². The molecule has 2 aromatic rings. The van der Waals surface area contributed by atoms with E-state index >= 15 is 0 Å². The zero-order valence-electron chi connectivity index (χ0n) is 17.4. The SMILES string of the molecule is COc1ccc(F)c(C[C@@]2(CCC(=O)N[C@H](C)Cc3ccccn3)CCC(=O)N2)c1. The van der Waals surface area contributed by atoms with Gasteiger partial charge in [0.1, 0.15) is 11.6 Å². The summed E-state index contributed by atoms with van der Waals surface area (Å²) in [6.45, 7) is 1.94. The Kier molecular flexibility index (Phi) is 7.03. The zero-order chi connectivity index (χ0) is 21.6. The lowest BCUT2D eigenvalue weighted by Gasteiger charge is -2.30. The Labute approximate surface area is 176 Å². The fourth-order valence-corrected chi connectivity index (χ4v) is 3.94. The van der Waals surface area contributed by atoms with E-state index < -0.39 is 5.54 Å². The molecule has 0 aliphatic carbocycles. The number of amides is 2. The first kappa shape index (κ1) is 21.7. The molecule has 1 saturated heterocycles. The minimum absolute atomic E-state index is 0.0580. The molecule has 160 valence electrons. The fourth-order valence-electron chi connectivity index (χ4n) is 3.94. The van der Waals surface area contributed by atoms with E-state index in [2.05, 4.69) is 15.6 Å². The van der Waals surface area contributed by atoms with Gasteiger partial charge in [0.2, 0.25) is 11.8 Å². The molecular formula is C23H28FN3O3. The third-order valence-electron chi connectivity index (χ3n) is 5.50. The average molecular weight is 413 g/mol. The summed E-state index contributed by atoms with van der Waals surface area (Å²) in [6, 6.07) is 10.2. The van der Waals surface area contributed by atoms with Crippen LogP contribution >= 0.6 is 0 Å². The summed E-state index contributed by atoms with van der Waals surface area (Å²) in [6.07, 6.45) is 4.33. The highest BCUT2D eigenvalue weighted by molar-refractivity contribution is 5.80. The lowest BCUT2D eigenvalue weighted by atomic mass is 9.84. The van der Waals surface area contributed by atoms with Crippen molar-refractivity contribution in [2.45, 2.75) is 57.0 Å². The quantitative estimate of drug-likeness (QED) is 0.662. The van der Waals surface area contributed by atoms with Crippen molar-refractivity contribution in [2.75, 3.05) is 7.11 Å². The molecule has 2 atom stereocenters. The van der Waals surface area contributed by atoms with Gasteiger partial charge in [0.15, 0.2) is 0 Å². The Morgan fingerprint density at radius 1 is 1.37 bits per heavy atom. The van der Waals surface area contributed by atoms with Crippen molar-refractivity contribution in [2.24, 2.45) is 0 Å². The van der Waals surface area contributed by atoms with Gasteiger partial charge in [0, 0.05) is 42.7 Å². The highest BCUT2D eigenvalue weighted by atomic mass is 19.1. The van der Waals surface area contributed by atoms with Gasteiger partial charge >= 0.3 is 0 Å². The Morgan fingerprint density at radius 3 is 2.87 bits per heavy atom. The van der Waals surface area contributed by atoms with Crippen molar-refractivity contribution in [3.8, 4) is 5.75 Å². The van der Waals surface area contributed by atoms with E-state index in [1.807, 2.05) is 25.1 Å². The average Bonchev–Trinajstić information content (AvgIpc) is 3.09. The second kappa shape index (κ2) is 9.69. The van der Waals surface area contributed by atoms with Crippen LogP contribution in [0.5, 0.6) is 5.75 Å². The summed E-state index contributed by atoms with van der Waals surface area (Å²) in [5.74, 6) is 0.0593. The molecule has 0 saturated carbocycles. The number of nitrogens with zero attached hydrogens (tertiary/aromatic N) is 1. The van der Waals surface area contributed by atoms with Crippen molar-refractivity contribution in [3.63, 3.8) is 0 Å². The highest BCUT2D eigenvalue weighted by Gasteiger charge is 2.38. The maximum Gasteiger partial charge on any atom is 0.220 e. The summed E-state index contributed by atoms with van der Waals surface area (Å²) in [5, 5.41) is 5.98. The lowest BCUT2D eigenvalue weighted by Crippen LogP contribution is -2.45. The van der Waals surface area contributed by atoms with E-state index in [0.717, 1.165) is 5.69 Å². The molecule has 0 spiro atoms. The minimum atomic E-state index is -0.633. The molecule has 2 amide bonds. The summed E-state index contributed by atoms with van der Waals surface area (Å²) in [5.41, 5.74) is 0.755. The van der Waals surface area contributed by atoms with Crippen LogP contribution < -0.4 is 15.4 Å². The Morgan fingerprint density at radius 2 is 2.20 bits per heavy atom. The van der Waals surface area contributed by atoms with Crippen LogP contribution in [0.15, 0.2) is 42.6 Å². The number of hydrogen-bond donors (Lipinski definition) is 2. The first-order valence-electron chi connectivity index (χ1n) is 10.2. The molecule has 1 aromatic carbocycles. The number of halogens is 1. The van der Waals surface area contributed by atoms with Gasteiger partial charge in [-0.2, -0.15) is 0 Å². The molecular weight excluding hydrogens is 385 g/mol. The standard InChI is InChI=1S/C23H28FN3O3/c1-16(13-18-5-3-4-12-25-18)26-21(28)8-10-23(11-9-22(29)27-23)15-17-14-19(30-2)6-7-20(17)24/h3-7,12,14,16H,8-11,13,15H2,1-2H3,(H,26,28)(H,27,29)/t16-,23-/m1/s1. The normalized spacial score (nSPS) is 19.2. The van der Waals surface area contributed by atoms with Gasteiger partial charge in [-0.25, -0.2) is 4.39 Å². The smallest absolute Gasteiger partial charge is 0.220 e. The first-order chi connectivity index (χ1) is 14.4. The van der Waals surface area contributed by atoms with Crippen LogP contribution in [0.1, 0.15) is 43.9 Å². The molecule has 1 fully saturated rings. The van der Waals surface area contributed by atoms with Crippen LogP contribution in [0.2, 0.25) is 0 Å². The monoisotopic (exact) mass is 413 g/mol. The lowest BCUT2D eigenvalue weighted by molar-refractivity contribution is -0.123. The number of nitrogens with one attached hydrogen (secondary N) is 2. The predicted octanol–water partition coefficient (Wildman–Crippen LogP) is 2.95. The fraction of sp³-hybridized carbons (Fsp3) is 0.435. The molecule has 0 unspecified atom stereocenters. The van der Waals surface area contributed by atoms with E-state index in [1.165, 1.54) is 13.2 Å². The number of rotatable bonds is 9. The van der Waals surface area contributed by atoms with Gasteiger partial charge in [-0.1, -0.05) is 6.07 Å². The number of pyridine rings is 1. The van der Waals surface area contributed by atoms with Gasteiger partial charge in [0.25, 0.3) is 0 Å². The first-order valence-corrected chi connectivity index (χ1v) is 10.2. The summed E-state index contributed by atoms with van der Waals surface area (Å²) in [4.78, 5) is 28.7. The van der Waals surface area contributed by atoms with E-state index in [4.69, 9.17) is 4.74 Å². The van der Waals surface area contributed by atoms with Crippen LogP contribution in [-0.2, 0) is 22.4 Å². The molecule has 30 heavy (non-hydrogen) atoms. The van der Waals surface area contributed by atoms with Gasteiger partial charge in [-0.15, -0.1) is 0 Å². The second-order valence-electron chi connectivity index (χ2n) is 7.96. The third-order valence-corrected chi connectivity index (χ3v) is 5.50. The topological polar surface area (TPSA) is 80.3 Å². The Balaban J connectivity index is 1.61. The summed E-state index contributed by atoms with van der Waals surface area (Å²) in [7, 11) is 1.53. The molecule has 1 aromatic heterocycles. The zero-order valence-corrected chi connectivity index (χ0v) is 17.4. The van der Waals surface area contributed by atoms with Gasteiger partial charge in [-0.3, -0.25) is 14.6 Å². The molecule has 7 heteroatoms. The third kappa shape index (κ3) is 5.78. The number of ether oxygens (including phenoxy) is 1. The van der Waals surface area contributed by atoms with E-state index in [1.54, 1.807) is 18.3 Å². The number of aromatic nitrogens is 1. The number of benzene rings is 1. The van der Waals surface area contributed by atoms with Crippen molar-refractivity contribution in [1.29, 1.82) is 0 Å². The number of methoxy groups -OCH3 is 1. The number of carbonyl (C=O) groups is 2. The molecule has 6 nitrogen and oxygen atoms in total. The van der Waals surface area contributed by atoms with Crippen molar-refractivity contribution in [3.05, 3.63) is 59.7 Å². The molecule has 1 aliphatic rings. The maximum absolute atomic E-state index is 14.4. The van der Waals surface area contributed by atoms with Crippen LogP contribution in [-0.4, -0.2) is 35.5 Å². The largest absolute Gasteiger partial charge is 0.497 e. The van der Waals surface area contributed by atoms with Crippen molar-refractivity contribution >= 4 is 11.8 Å². The molecule has 3 rings (SSSR count). The van der Waals surface area contributed by atoms with Crippen molar-refractivity contribution < 1.29 is 18.7 Å². The number of carbonyl (C=O) groups excluding carboxylic acids is 2. The Hall–Kier alpha value is -2.96. The molecule has 2 heterocycles. The van der Waals surface area contributed by atoms with Crippen molar-refractivity contribution in [1.82, 2.24) is 15.6 Å². The van der Waals surface area contributed by atoms with Gasteiger partial charge in [-0.05, 0) is 62.1 Å².